The van der Waals surface area contributed by atoms with Gasteiger partial charge in [0.25, 0.3) is 0 Å². The summed E-state index contributed by atoms with van der Waals surface area (Å²) in [7, 11) is 1.21. The highest BCUT2D eigenvalue weighted by molar-refractivity contribution is 6.74. The van der Waals surface area contributed by atoms with Crippen molar-refractivity contribution in [1.29, 1.82) is 5.26 Å². The van der Waals surface area contributed by atoms with E-state index in [4.69, 9.17) is 23.4 Å². The fourth-order valence-corrected chi connectivity index (χ4v) is 4.56. The molecule has 2 aromatic carbocycles. The topological polar surface area (TPSA) is 94.9 Å². The van der Waals surface area contributed by atoms with E-state index in [1.165, 1.54) is 6.20 Å². The standard InChI is InChI=1S/C26H31N3O5Si/c1-26(2,3)35(6,7)34-14-16-8-9-19(25-24(16)32-15-33-25)29-23-17(12-27)13-28-20-11-22(31-5)21(30-4)10-18(20)23/h8-11,13H,14-15H2,1-7H3,(H,28,29). The van der Waals surface area contributed by atoms with Crippen LogP contribution in [0.2, 0.25) is 18.1 Å². The van der Waals surface area contributed by atoms with Crippen LogP contribution in [0.5, 0.6) is 23.0 Å². The van der Waals surface area contributed by atoms with Gasteiger partial charge in [0.15, 0.2) is 31.3 Å². The van der Waals surface area contributed by atoms with Crippen molar-refractivity contribution >= 4 is 30.6 Å². The first-order chi connectivity index (χ1) is 16.6. The number of benzene rings is 2. The van der Waals surface area contributed by atoms with E-state index in [2.05, 4.69) is 50.2 Å². The molecule has 1 N–H and O–H groups in total. The van der Waals surface area contributed by atoms with Crippen molar-refractivity contribution in [3.05, 3.63) is 41.6 Å². The largest absolute Gasteiger partial charge is 0.493 e. The summed E-state index contributed by atoms with van der Waals surface area (Å²) in [5.41, 5.74) is 3.27. The number of fused-ring (bicyclic) bond motifs is 2. The molecule has 1 aliphatic heterocycles. The van der Waals surface area contributed by atoms with Crippen LogP contribution in [0.4, 0.5) is 11.4 Å². The Balaban J connectivity index is 1.73. The molecule has 184 valence electrons. The lowest BCUT2D eigenvalue weighted by Crippen LogP contribution is -2.40. The Bertz CT molecular complexity index is 1310. The van der Waals surface area contributed by atoms with Gasteiger partial charge in [-0.1, -0.05) is 26.8 Å². The molecule has 9 heteroatoms. The molecule has 0 bridgehead atoms. The second-order valence-corrected chi connectivity index (χ2v) is 14.7. The van der Waals surface area contributed by atoms with Gasteiger partial charge in [-0.25, -0.2) is 0 Å². The summed E-state index contributed by atoms with van der Waals surface area (Å²) in [4.78, 5) is 4.43. The molecule has 2 heterocycles. The van der Waals surface area contributed by atoms with Gasteiger partial charge in [-0.05, 0) is 30.3 Å². The number of nitrogens with zero attached hydrogens (tertiary/aromatic N) is 2. The monoisotopic (exact) mass is 493 g/mol. The summed E-state index contributed by atoms with van der Waals surface area (Å²) in [6.07, 6.45) is 1.54. The van der Waals surface area contributed by atoms with E-state index in [0.717, 1.165) is 10.9 Å². The number of anilines is 2. The van der Waals surface area contributed by atoms with Crippen LogP contribution in [0.3, 0.4) is 0 Å². The molecule has 4 rings (SSSR count). The number of methoxy groups -OCH3 is 2. The van der Waals surface area contributed by atoms with Crippen molar-refractivity contribution in [2.24, 2.45) is 0 Å². The van der Waals surface area contributed by atoms with Crippen LogP contribution in [-0.4, -0.2) is 34.3 Å². The molecule has 0 saturated carbocycles. The molecule has 0 fully saturated rings. The molecule has 0 spiro atoms. The lowest BCUT2D eigenvalue weighted by atomic mass is 10.1. The molecular weight excluding hydrogens is 462 g/mol. The average Bonchev–Trinajstić information content (AvgIpc) is 3.32. The van der Waals surface area contributed by atoms with E-state index in [1.54, 1.807) is 20.3 Å². The van der Waals surface area contributed by atoms with E-state index in [9.17, 15) is 5.26 Å². The van der Waals surface area contributed by atoms with E-state index >= 15 is 0 Å². The maximum atomic E-state index is 9.78. The second kappa shape index (κ2) is 9.28. The van der Waals surface area contributed by atoms with Gasteiger partial charge in [0.05, 0.1) is 43.3 Å². The first-order valence-electron chi connectivity index (χ1n) is 11.4. The van der Waals surface area contributed by atoms with Gasteiger partial charge in [-0.3, -0.25) is 4.98 Å². The van der Waals surface area contributed by atoms with Gasteiger partial charge in [0, 0.05) is 23.2 Å². The van der Waals surface area contributed by atoms with Gasteiger partial charge < -0.3 is 28.7 Å². The Kier molecular flexibility index (Phi) is 6.53. The minimum absolute atomic E-state index is 0.106. The molecule has 0 atom stereocenters. The van der Waals surface area contributed by atoms with Gasteiger partial charge >= 0.3 is 0 Å². The number of rotatable bonds is 7. The molecule has 0 amide bonds. The summed E-state index contributed by atoms with van der Waals surface area (Å²) in [6, 6.07) is 9.71. The van der Waals surface area contributed by atoms with Crippen molar-refractivity contribution in [1.82, 2.24) is 4.98 Å². The Morgan fingerprint density at radius 1 is 1.09 bits per heavy atom. The normalized spacial score (nSPS) is 13.0. The first kappa shape index (κ1) is 24.6. The molecule has 0 radical (unpaired) electrons. The lowest BCUT2D eigenvalue weighted by molar-refractivity contribution is 0.171. The SMILES string of the molecule is COc1cc2ncc(C#N)c(Nc3ccc(CO[Si](C)(C)C(C)(C)C)c4c3OCO4)c2cc1OC. The molecule has 0 saturated heterocycles. The minimum Gasteiger partial charge on any atom is -0.493 e. The summed E-state index contributed by atoms with van der Waals surface area (Å²) in [5, 5.41) is 14.0. The van der Waals surface area contributed by atoms with Crippen LogP contribution in [0.15, 0.2) is 30.5 Å². The van der Waals surface area contributed by atoms with Crippen molar-refractivity contribution in [2.75, 3.05) is 26.3 Å². The molecule has 8 nitrogen and oxygen atoms in total. The summed E-state index contributed by atoms with van der Waals surface area (Å²) < 4.78 is 29.0. The molecule has 35 heavy (non-hydrogen) atoms. The maximum absolute atomic E-state index is 9.78. The summed E-state index contributed by atoms with van der Waals surface area (Å²) in [6.45, 7) is 11.7. The van der Waals surface area contributed by atoms with Crippen molar-refractivity contribution < 1.29 is 23.4 Å². The number of hydrogen-bond donors (Lipinski definition) is 1. The second-order valence-electron chi connectivity index (χ2n) is 9.89. The molecule has 0 unspecified atom stereocenters. The Morgan fingerprint density at radius 2 is 1.77 bits per heavy atom. The van der Waals surface area contributed by atoms with Crippen LogP contribution >= 0.6 is 0 Å². The van der Waals surface area contributed by atoms with Gasteiger partial charge in [-0.15, -0.1) is 0 Å². The number of hydrogen-bond acceptors (Lipinski definition) is 8. The highest BCUT2D eigenvalue weighted by Crippen LogP contribution is 2.46. The van der Waals surface area contributed by atoms with Crippen molar-refractivity contribution in [2.45, 2.75) is 45.5 Å². The predicted octanol–water partition coefficient (Wildman–Crippen LogP) is 6.12. The summed E-state index contributed by atoms with van der Waals surface area (Å²) >= 11 is 0. The third-order valence-electron chi connectivity index (χ3n) is 6.75. The third kappa shape index (κ3) is 4.59. The maximum Gasteiger partial charge on any atom is 0.231 e. The fourth-order valence-electron chi connectivity index (χ4n) is 3.61. The molecule has 0 aliphatic carbocycles. The minimum atomic E-state index is -1.93. The zero-order valence-electron chi connectivity index (χ0n) is 21.2. The first-order valence-corrected chi connectivity index (χ1v) is 14.3. The van der Waals surface area contributed by atoms with Crippen molar-refractivity contribution in [3.63, 3.8) is 0 Å². The van der Waals surface area contributed by atoms with Crippen LogP contribution in [-0.2, 0) is 11.0 Å². The molecule has 1 aliphatic rings. The highest BCUT2D eigenvalue weighted by Gasteiger charge is 2.37. The quantitative estimate of drug-likeness (QED) is 0.394. The van der Waals surface area contributed by atoms with E-state index in [-0.39, 0.29) is 11.8 Å². The van der Waals surface area contributed by atoms with Gasteiger partial charge in [0.2, 0.25) is 6.79 Å². The van der Waals surface area contributed by atoms with E-state index < -0.39 is 8.32 Å². The van der Waals surface area contributed by atoms with Crippen LogP contribution in [0, 0.1) is 11.3 Å². The van der Waals surface area contributed by atoms with Crippen molar-refractivity contribution in [3.8, 4) is 29.1 Å². The Morgan fingerprint density at radius 3 is 2.43 bits per heavy atom. The van der Waals surface area contributed by atoms with Crippen LogP contribution in [0.1, 0.15) is 31.9 Å². The molecule has 3 aromatic rings. The fraction of sp³-hybridized carbons (Fsp3) is 0.385. The highest BCUT2D eigenvalue weighted by atomic mass is 28.4. The summed E-state index contributed by atoms with van der Waals surface area (Å²) in [5.74, 6) is 2.36. The smallest absolute Gasteiger partial charge is 0.231 e. The number of aromatic nitrogens is 1. The zero-order valence-corrected chi connectivity index (χ0v) is 22.2. The third-order valence-corrected chi connectivity index (χ3v) is 11.2. The van der Waals surface area contributed by atoms with Crippen LogP contribution in [0.25, 0.3) is 10.9 Å². The number of nitrogens with one attached hydrogen (secondary N) is 1. The zero-order chi connectivity index (χ0) is 25.4. The molecular formula is C26H31N3O5Si. The van der Waals surface area contributed by atoms with Gasteiger partial charge in [0.1, 0.15) is 6.07 Å². The van der Waals surface area contributed by atoms with Gasteiger partial charge in [-0.2, -0.15) is 5.26 Å². The average molecular weight is 494 g/mol. The predicted molar refractivity (Wildman–Crippen MR) is 137 cm³/mol. The Labute approximate surface area is 206 Å². The van der Waals surface area contributed by atoms with E-state index in [1.807, 2.05) is 18.2 Å². The lowest BCUT2D eigenvalue weighted by Gasteiger charge is -2.36. The van der Waals surface area contributed by atoms with E-state index in [0.29, 0.717) is 52.1 Å². The number of pyridine rings is 1. The molecule has 1 aromatic heterocycles. The number of ether oxygens (including phenoxy) is 4. The van der Waals surface area contributed by atoms with Crippen LogP contribution < -0.4 is 24.3 Å². The number of nitriles is 1. The Hall–Kier alpha value is -3.48.